The lowest BCUT2D eigenvalue weighted by Crippen LogP contribution is -2.41. The summed E-state index contributed by atoms with van der Waals surface area (Å²) in [5, 5.41) is 0. The lowest BCUT2D eigenvalue weighted by molar-refractivity contribution is 0.192. The first-order valence-corrected chi connectivity index (χ1v) is 6.22. The SMILES string of the molecule is CC1(C)CCC=CN(C(=O)n2ccc(N)nc2=O)C1. The first kappa shape index (κ1) is 13.3. The monoisotopic (exact) mass is 262 g/mol. The van der Waals surface area contributed by atoms with E-state index in [1.165, 1.54) is 12.3 Å². The Morgan fingerprint density at radius 3 is 2.89 bits per heavy atom. The van der Waals surface area contributed by atoms with E-state index >= 15 is 0 Å². The minimum absolute atomic E-state index is 0.0179. The molecule has 0 unspecified atom stereocenters. The van der Waals surface area contributed by atoms with Crippen molar-refractivity contribution in [1.82, 2.24) is 14.5 Å². The summed E-state index contributed by atoms with van der Waals surface area (Å²) in [6.45, 7) is 4.77. The number of carbonyl (C=O) groups is 1. The largest absolute Gasteiger partial charge is 0.383 e. The maximum absolute atomic E-state index is 12.3. The van der Waals surface area contributed by atoms with Gasteiger partial charge < -0.3 is 10.6 Å². The van der Waals surface area contributed by atoms with Crippen LogP contribution in [-0.2, 0) is 0 Å². The molecule has 6 heteroatoms. The van der Waals surface area contributed by atoms with E-state index in [1.807, 2.05) is 6.08 Å². The van der Waals surface area contributed by atoms with E-state index in [1.54, 1.807) is 11.1 Å². The Bertz CT molecular complexity index is 574. The van der Waals surface area contributed by atoms with Crippen LogP contribution >= 0.6 is 0 Å². The fraction of sp³-hybridized carbons (Fsp3) is 0.462. The smallest absolute Gasteiger partial charge is 0.357 e. The lowest BCUT2D eigenvalue weighted by Gasteiger charge is -2.28. The zero-order valence-corrected chi connectivity index (χ0v) is 11.2. The second kappa shape index (κ2) is 4.87. The van der Waals surface area contributed by atoms with Crippen LogP contribution in [0.2, 0.25) is 0 Å². The molecule has 0 fully saturated rings. The van der Waals surface area contributed by atoms with Crippen LogP contribution < -0.4 is 11.4 Å². The van der Waals surface area contributed by atoms with Crippen molar-refractivity contribution >= 4 is 11.8 Å². The van der Waals surface area contributed by atoms with E-state index in [2.05, 4.69) is 18.8 Å². The Labute approximate surface area is 111 Å². The number of aromatic nitrogens is 2. The fourth-order valence-electron chi connectivity index (χ4n) is 2.10. The van der Waals surface area contributed by atoms with Crippen molar-refractivity contribution in [3.63, 3.8) is 0 Å². The number of hydrogen-bond donors (Lipinski definition) is 1. The first-order chi connectivity index (χ1) is 8.89. The molecule has 0 radical (unpaired) electrons. The van der Waals surface area contributed by atoms with Gasteiger partial charge in [-0.15, -0.1) is 0 Å². The molecule has 1 amide bonds. The fourth-order valence-corrected chi connectivity index (χ4v) is 2.10. The summed E-state index contributed by atoms with van der Waals surface area (Å²) in [4.78, 5) is 29.1. The van der Waals surface area contributed by atoms with Gasteiger partial charge >= 0.3 is 11.7 Å². The van der Waals surface area contributed by atoms with Gasteiger partial charge in [-0.2, -0.15) is 4.98 Å². The quantitative estimate of drug-likeness (QED) is 0.766. The van der Waals surface area contributed by atoms with Crippen molar-refractivity contribution in [2.45, 2.75) is 26.7 Å². The van der Waals surface area contributed by atoms with Gasteiger partial charge in [0.15, 0.2) is 0 Å². The normalized spacial score (nSPS) is 18.1. The molecule has 2 N–H and O–H groups in total. The average molecular weight is 262 g/mol. The van der Waals surface area contributed by atoms with Crippen LogP contribution in [0.1, 0.15) is 26.7 Å². The van der Waals surface area contributed by atoms with E-state index in [0.717, 1.165) is 17.4 Å². The van der Waals surface area contributed by atoms with Gasteiger partial charge in [-0.1, -0.05) is 19.9 Å². The number of amides is 1. The van der Waals surface area contributed by atoms with Gasteiger partial charge in [0.05, 0.1) is 0 Å². The summed E-state index contributed by atoms with van der Waals surface area (Å²) in [5.74, 6) is 0.112. The van der Waals surface area contributed by atoms with Crippen LogP contribution in [0.5, 0.6) is 0 Å². The Kier molecular flexibility index (Phi) is 3.42. The number of rotatable bonds is 0. The van der Waals surface area contributed by atoms with E-state index in [4.69, 9.17) is 5.73 Å². The zero-order chi connectivity index (χ0) is 14.0. The van der Waals surface area contributed by atoms with E-state index in [-0.39, 0.29) is 11.2 Å². The van der Waals surface area contributed by atoms with Gasteiger partial charge in [-0.3, -0.25) is 0 Å². The lowest BCUT2D eigenvalue weighted by atomic mass is 9.88. The molecule has 102 valence electrons. The summed E-state index contributed by atoms with van der Waals surface area (Å²) >= 11 is 0. The highest BCUT2D eigenvalue weighted by atomic mass is 16.2. The zero-order valence-electron chi connectivity index (χ0n) is 11.2. The summed E-state index contributed by atoms with van der Waals surface area (Å²) < 4.78 is 0.974. The first-order valence-electron chi connectivity index (χ1n) is 6.22. The Hall–Kier alpha value is -2.11. The molecular weight excluding hydrogens is 244 g/mol. The van der Waals surface area contributed by atoms with Crippen LogP contribution in [0, 0.1) is 5.41 Å². The standard InChI is InChI=1S/C13H18N4O2/c1-13(2)6-3-4-7-16(9-13)12(19)17-8-5-10(14)15-11(17)18/h4-5,7-8H,3,6,9H2,1-2H3,(H2,14,15,18). The van der Waals surface area contributed by atoms with Gasteiger partial charge in [0.2, 0.25) is 0 Å². The molecule has 2 heterocycles. The van der Waals surface area contributed by atoms with Gasteiger partial charge in [0.25, 0.3) is 0 Å². The topological polar surface area (TPSA) is 81.2 Å². The average Bonchev–Trinajstić information content (AvgIpc) is 2.49. The summed E-state index contributed by atoms with van der Waals surface area (Å²) in [5.41, 5.74) is 4.78. The molecule has 0 atom stereocenters. The van der Waals surface area contributed by atoms with Crippen molar-refractivity contribution < 1.29 is 4.79 Å². The maximum Gasteiger partial charge on any atom is 0.357 e. The minimum Gasteiger partial charge on any atom is -0.383 e. The molecule has 2 rings (SSSR count). The van der Waals surface area contributed by atoms with Gasteiger partial charge in [-0.05, 0) is 24.3 Å². The highest BCUT2D eigenvalue weighted by Crippen LogP contribution is 2.26. The third-order valence-corrected chi connectivity index (χ3v) is 3.15. The van der Waals surface area contributed by atoms with Crippen molar-refractivity contribution in [2.75, 3.05) is 12.3 Å². The molecule has 6 nitrogen and oxygen atoms in total. The Balaban J connectivity index is 2.30. The van der Waals surface area contributed by atoms with Gasteiger partial charge in [0.1, 0.15) is 5.82 Å². The van der Waals surface area contributed by atoms with Crippen LogP contribution in [0.3, 0.4) is 0 Å². The summed E-state index contributed by atoms with van der Waals surface area (Å²) in [6, 6.07) is 1.04. The molecule has 19 heavy (non-hydrogen) atoms. The third-order valence-electron chi connectivity index (χ3n) is 3.15. The molecule has 0 saturated carbocycles. The second-order valence-corrected chi connectivity index (χ2v) is 5.50. The van der Waals surface area contributed by atoms with Crippen LogP contribution in [-0.4, -0.2) is 27.0 Å². The van der Waals surface area contributed by atoms with Crippen LogP contribution in [0.4, 0.5) is 10.6 Å². The van der Waals surface area contributed by atoms with E-state index in [9.17, 15) is 9.59 Å². The van der Waals surface area contributed by atoms with E-state index in [0.29, 0.717) is 6.54 Å². The molecule has 1 aromatic rings. The second-order valence-electron chi connectivity index (χ2n) is 5.50. The van der Waals surface area contributed by atoms with Crippen molar-refractivity contribution in [2.24, 2.45) is 5.41 Å². The van der Waals surface area contributed by atoms with Crippen molar-refractivity contribution in [3.05, 3.63) is 35.0 Å². The molecule has 0 aromatic carbocycles. The molecule has 0 aliphatic carbocycles. The van der Waals surface area contributed by atoms with Crippen LogP contribution in [0.25, 0.3) is 0 Å². The number of allylic oxidation sites excluding steroid dienone is 1. The predicted molar refractivity (Wildman–Crippen MR) is 72.6 cm³/mol. The molecule has 1 aromatic heterocycles. The number of hydrogen-bond acceptors (Lipinski definition) is 4. The van der Waals surface area contributed by atoms with Crippen LogP contribution in [0.15, 0.2) is 29.3 Å². The van der Waals surface area contributed by atoms with Crippen molar-refractivity contribution in [1.29, 1.82) is 0 Å². The maximum atomic E-state index is 12.3. The molecule has 1 aliphatic rings. The highest BCUT2D eigenvalue weighted by Gasteiger charge is 2.26. The van der Waals surface area contributed by atoms with E-state index < -0.39 is 11.7 Å². The minimum atomic E-state index is -0.652. The Morgan fingerprint density at radius 1 is 1.47 bits per heavy atom. The summed E-state index contributed by atoms with van der Waals surface area (Å²) in [6.07, 6.45) is 6.97. The number of nitrogens with two attached hydrogens (primary N) is 1. The van der Waals surface area contributed by atoms with Gasteiger partial charge in [0, 0.05) is 18.9 Å². The molecular formula is C13H18N4O2. The molecule has 1 aliphatic heterocycles. The molecule has 0 saturated heterocycles. The number of nitrogens with zero attached hydrogens (tertiary/aromatic N) is 3. The number of anilines is 1. The highest BCUT2D eigenvalue weighted by molar-refractivity contribution is 5.77. The molecule has 0 bridgehead atoms. The number of nitrogen functional groups attached to an aromatic ring is 1. The molecule has 0 spiro atoms. The summed E-state index contributed by atoms with van der Waals surface area (Å²) in [7, 11) is 0. The van der Waals surface area contributed by atoms with Crippen molar-refractivity contribution in [3.8, 4) is 0 Å². The predicted octanol–water partition coefficient (Wildman–Crippen LogP) is 1.43. The van der Waals surface area contributed by atoms with Gasteiger partial charge in [-0.25, -0.2) is 14.2 Å². The Morgan fingerprint density at radius 2 is 2.21 bits per heavy atom. The third kappa shape index (κ3) is 3.01. The number of carbonyl (C=O) groups excluding carboxylic acids is 1.